The molecule has 0 N–H and O–H groups in total. The minimum atomic E-state index is -1.99. The first-order valence-corrected chi connectivity index (χ1v) is 11.7. The number of hydrogen-bond acceptors (Lipinski definition) is 3. The van der Waals surface area contributed by atoms with Gasteiger partial charge in [0.25, 0.3) is 0 Å². The Morgan fingerprint density at radius 1 is 1.04 bits per heavy atom. The maximum absolute atomic E-state index is 6.31. The van der Waals surface area contributed by atoms with E-state index < -0.39 is 8.32 Å². The Bertz CT molecular complexity index is 578. The van der Waals surface area contributed by atoms with Crippen LogP contribution < -0.4 is 0 Å². The SMILES string of the molecule is CC(C)O[Si](C)(C)/C=C(\B1OC(C)(C)C(C)(C)O1)c1ccccc1. The van der Waals surface area contributed by atoms with Gasteiger partial charge in [0.2, 0.25) is 8.32 Å². The molecule has 0 saturated carbocycles. The summed E-state index contributed by atoms with van der Waals surface area (Å²) in [4.78, 5) is 0. The number of hydrogen-bond donors (Lipinski definition) is 0. The molecule has 0 spiro atoms. The van der Waals surface area contributed by atoms with Crippen LogP contribution in [0.4, 0.5) is 0 Å². The molecule has 3 nitrogen and oxygen atoms in total. The van der Waals surface area contributed by atoms with E-state index in [9.17, 15) is 0 Å². The van der Waals surface area contributed by atoms with Gasteiger partial charge in [-0.25, -0.2) is 0 Å². The molecule has 0 atom stereocenters. The van der Waals surface area contributed by atoms with Crippen LogP contribution in [0.5, 0.6) is 0 Å². The van der Waals surface area contributed by atoms with Gasteiger partial charge < -0.3 is 13.7 Å². The lowest BCUT2D eigenvalue weighted by atomic mass is 9.75. The van der Waals surface area contributed by atoms with Gasteiger partial charge >= 0.3 is 7.12 Å². The van der Waals surface area contributed by atoms with Gasteiger partial charge in [0.1, 0.15) is 0 Å². The summed E-state index contributed by atoms with van der Waals surface area (Å²) in [5, 5.41) is 0. The van der Waals surface area contributed by atoms with E-state index in [0.29, 0.717) is 0 Å². The predicted octanol–water partition coefficient (Wildman–Crippen LogP) is 4.87. The van der Waals surface area contributed by atoms with Crippen molar-refractivity contribution >= 4 is 20.9 Å². The second-order valence-corrected chi connectivity index (χ2v) is 12.1. The van der Waals surface area contributed by atoms with E-state index in [1.165, 1.54) is 0 Å². The van der Waals surface area contributed by atoms with Crippen LogP contribution in [-0.2, 0) is 13.7 Å². The lowest BCUT2D eigenvalue weighted by Crippen LogP contribution is -2.41. The Morgan fingerprint density at radius 2 is 1.54 bits per heavy atom. The topological polar surface area (TPSA) is 27.7 Å². The van der Waals surface area contributed by atoms with Gasteiger partial charge in [0.15, 0.2) is 0 Å². The van der Waals surface area contributed by atoms with Gasteiger partial charge in [0.05, 0.1) is 11.2 Å². The van der Waals surface area contributed by atoms with Crippen LogP contribution >= 0.6 is 0 Å². The van der Waals surface area contributed by atoms with Crippen LogP contribution in [-0.4, -0.2) is 32.7 Å². The van der Waals surface area contributed by atoms with Gasteiger partial charge in [-0.2, -0.15) is 0 Å². The molecular formula is C19H31BO3Si. The van der Waals surface area contributed by atoms with Gasteiger partial charge in [-0.05, 0) is 65.7 Å². The first-order valence-electron chi connectivity index (χ1n) is 8.75. The molecule has 24 heavy (non-hydrogen) atoms. The van der Waals surface area contributed by atoms with Crippen molar-refractivity contribution in [1.29, 1.82) is 0 Å². The maximum Gasteiger partial charge on any atom is 0.494 e. The standard InChI is InChI=1S/C19H31BO3Si/c1-15(2)21-24(7,8)14-17(16-12-10-9-11-13-16)20-22-18(3,4)19(5,6)23-20/h9-15H,1-8H3/b17-14-. The molecule has 1 aliphatic rings. The van der Waals surface area contributed by atoms with Crippen LogP contribution in [0, 0.1) is 0 Å². The zero-order valence-corrected chi connectivity index (χ0v) is 17.3. The van der Waals surface area contributed by atoms with E-state index in [-0.39, 0.29) is 24.4 Å². The van der Waals surface area contributed by atoms with Gasteiger partial charge in [-0.3, -0.25) is 0 Å². The second-order valence-electron chi connectivity index (χ2n) is 8.32. The molecule has 1 aromatic rings. The number of benzene rings is 1. The molecule has 0 aromatic heterocycles. The summed E-state index contributed by atoms with van der Waals surface area (Å²) < 4.78 is 18.8. The summed E-state index contributed by atoms with van der Waals surface area (Å²) in [6.07, 6.45) is 0.207. The van der Waals surface area contributed by atoms with Crippen molar-refractivity contribution < 1.29 is 13.7 Å². The summed E-state index contributed by atoms with van der Waals surface area (Å²) in [7, 11) is -2.37. The monoisotopic (exact) mass is 346 g/mol. The van der Waals surface area contributed by atoms with Crippen LogP contribution in [0.15, 0.2) is 36.0 Å². The van der Waals surface area contributed by atoms with Crippen molar-refractivity contribution in [3.05, 3.63) is 41.6 Å². The smallest absolute Gasteiger partial charge is 0.411 e. The van der Waals surface area contributed by atoms with E-state index in [1.807, 2.05) is 18.2 Å². The summed E-state index contributed by atoms with van der Waals surface area (Å²) in [6, 6.07) is 10.3. The Hall–Kier alpha value is -0.878. The Morgan fingerprint density at radius 3 is 2.00 bits per heavy atom. The third kappa shape index (κ3) is 4.39. The number of rotatable bonds is 5. The zero-order valence-electron chi connectivity index (χ0n) is 16.3. The minimum absolute atomic E-state index is 0.207. The predicted molar refractivity (Wildman–Crippen MR) is 104 cm³/mol. The largest absolute Gasteiger partial charge is 0.494 e. The molecule has 1 fully saturated rings. The summed E-state index contributed by atoms with van der Waals surface area (Å²) in [6.45, 7) is 16.9. The van der Waals surface area contributed by atoms with Gasteiger partial charge in [-0.1, -0.05) is 36.0 Å². The normalized spacial score (nSPS) is 20.7. The van der Waals surface area contributed by atoms with E-state index in [4.69, 9.17) is 13.7 Å². The average molecular weight is 346 g/mol. The van der Waals surface area contributed by atoms with E-state index in [2.05, 4.69) is 72.5 Å². The molecule has 1 aliphatic heterocycles. The Balaban J connectivity index is 2.43. The third-order valence-electron chi connectivity index (χ3n) is 4.66. The summed E-state index contributed by atoms with van der Waals surface area (Å²) in [5.41, 5.74) is 3.77. The molecule has 0 radical (unpaired) electrons. The average Bonchev–Trinajstić information content (AvgIpc) is 2.64. The first-order chi connectivity index (χ1) is 10.9. The molecule has 1 aromatic carbocycles. The van der Waals surface area contributed by atoms with Crippen molar-refractivity contribution in [2.24, 2.45) is 0 Å². The zero-order chi connectivity index (χ0) is 18.2. The summed E-state index contributed by atoms with van der Waals surface area (Å²) >= 11 is 0. The fourth-order valence-corrected chi connectivity index (χ4v) is 5.24. The van der Waals surface area contributed by atoms with Gasteiger partial charge in [-0.15, -0.1) is 0 Å². The van der Waals surface area contributed by atoms with E-state index in [0.717, 1.165) is 11.0 Å². The van der Waals surface area contributed by atoms with Crippen LogP contribution in [0.1, 0.15) is 47.1 Å². The minimum Gasteiger partial charge on any atom is -0.411 e. The van der Waals surface area contributed by atoms with Crippen LogP contribution in [0.25, 0.3) is 5.47 Å². The molecule has 0 aliphatic carbocycles. The third-order valence-corrected chi connectivity index (χ3v) is 6.74. The molecule has 0 amide bonds. The van der Waals surface area contributed by atoms with Crippen molar-refractivity contribution in [3.8, 4) is 0 Å². The van der Waals surface area contributed by atoms with E-state index in [1.54, 1.807) is 0 Å². The summed E-state index contributed by atoms with van der Waals surface area (Å²) in [5.74, 6) is 0. The van der Waals surface area contributed by atoms with Crippen molar-refractivity contribution in [2.75, 3.05) is 0 Å². The van der Waals surface area contributed by atoms with Crippen molar-refractivity contribution in [1.82, 2.24) is 0 Å². The molecular weight excluding hydrogens is 315 g/mol. The highest BCUT2D eigenvalue weighted by Crippen LogP contribution is 2.41. The molecule has 0 bridgehead atoms. The molecule has 132 valence electrons. The highest BCUT2D eigenvalue weighted by Gasteiger charge is 2.52. The lowest BCUT2D eigenvalue weighted by molar-refractivity contribution is 0.00578. The lowest BCUT2D eigenvalue weighted by Gasteiger charge is -2.32. The van der Waals surface area contributed by atoms with Gasteiger partial charge in [0, 0.05) is 6.10 Å². The highest BCUT2D eigenvalue weighted by atomic mass is 28.4. The van der Waals surface area contributed by atoms with Crippen molar-refractivity contribution in [3.63, 3.8) is 0 Å². The highest BCUT2D eigenvalue weighted by molar-refractivity contribution is 6.82. The van der Waals surface area contributed by atoms with E-state index >= 15 is 0 Å². The molecule has 1 heterocycles. The molecule has 0 unspecified atom stereocenters. The maximum atomic E-state index is 6.31. The Labute approximate surface area is 148 Å². The molecule has 1 saturated heterocycles. The quantitative estimate of drug-likeness (QED) is 0.712. The fourth-order valence-electron chi connectivity index (χ4n) is 2.90. The fraction of sp³-hybridized carbons (Fsp3) is 0.579. The molecule has 2 rings (SSSR count). The second kappa shape index (κ2) is 6.79. The molecule has 5 heteroatoms. The Kier molecular flexibility index (Phi) is 5.50. The van der Waals surface area contributed by atoms with Crippen LogP contribution in [0.3, 0.4) is 0 Å². The first kappa shape index (κ1) is 19.4. The van der Waals surface area contributed by atoms with Crippen LogP contribution in [0.2, 0.25) is 13.1 Å². The van der Waals surface area contributed by atoms with Crippen molar-refractivity contribution in [2.45, 2.75) is 71.9 Å².